The highest BCUT2D eigenvalue weighted by Gasteiger charge is 2.25. The zero-order valence-electron chi connectivity index (χ0n) is 15.2. The highest BCUT2D eigenvalue weighted by atomic mass is 35.5. The Morgan fingerprint density at radius 3 is 2.73 bits per heavy atom. The predicted molar refractivity (Wildman–Crippen MR) is 102 cm³/mol. The summed E-state index contributed by atoms with van der Waals surface area (Å²) in [5.41, 5.74) is 2.38. The van der Waals surface area contributed by atoms with Crippen molar-refractivity contribution in [2.75, 3.05) is 32.8 Å². The van der Waals surface area contributed by atoms with Gasteiger partial charge in [-0.2, -0.15) is 5.10 Å². The highest BCUT2D eigenvalue weighted by molar-refractivity contribution is 6.31. The van der Waals surface area contributed by atoms with Gasteiger partial charge in [0.2, 0.25) is 0 Å². The molecule has 0 radical (unpaired) electrons. The molecule has 7 heteroatoms. The Morgan fingerprint density at radius 2 is 2.08 bits per heavy atom. The van der Waals surface area contributed by atoms with Crippen LogP contribution in [0.1, 0.15) is 47.6 Å². The van der Waals surface area contributed by atoms with Crippen molar-refractivity contribution < 1.29 is 9.53 Å². The summed E-state index contributed by atoms with van der Waals surface area (Å²) in [7, 11) is 0. The first kappa shape index (κ1) is 18.9. The summed E-state index contributed by atoms with van der Waals surface area (Å²) in [6.07, 6.45) is 0. The van der Waals surface area contributed by atoms with Crippen LogP contribution < -0.4 is 5.32 Å². The number of hydrogen-bond donors (Lipinski definition) is 2. The van der Waals surface area contributed by atoms with Gasteiger partial charge < -0.3 is 10.1 Å². The van der Waals surface area contributed by atoms with Gasteiger partial charge in [-0.1, -0.05) is 43.6 Å². The lowest BCUT2D eigenvalue weighted by Gasteiger charge is -2.35. The minimum Gasteiger partial charge on any atom is -0.379 e. The molecule has 0 saturated carbocycles. The standard InChI is InChI=1S/C19H25ClN4O2/c1-13(2)16-11-17(23-22-16)19(25)21-12-18(24-7-9-26-10-8-24)14-5-3-4-6-15(14)20/h3-6,11,13,18H,7-10,12H2,1-2H3,(H,21,25)(H,22,23). The van der Waals surface area contributed by atoms with Crippen LogP contribution in [0.2, 0.25) is 5.02 Å². The Morgan fingerprint density at radius 1 is 1.35 bits per heavy atom. The first-order valence-electron chi connectivity index (χ1n) is 8.96. The van der Waals surface area contributed by atoms with Gasteiger partial charge in [0.05, 0.1) is 19.3 Å². The second kappa shape index (κ2) is 8.66. The number of carbonyl (C=O) groups excluding carboxylic acids is 1. The van der Waals surface area contributed by atoms with E-state index in [9.17, 15) is 4.79 Å². The van der Waals surface area contributed by atoms with E-state index < -0.39 is 0 Å². The number of benzene rings is 1. The lowest BCUT2D eigenvalue weighted by molar-refractivity contribution is 0.0162. The summed E-state index contributed by atoms with van der Waals surface area (Å²) in [4.78, 5) is 14.8. The molecule has 1 unspecified atom stereocenters. The maximum Gasteiger partial charge on any atom is 0.271 e. The molecule has 2 aromatic rings. The van der Waals surface area contributed by atoms with Crippen molar-refractivity contribution in [1.29, 1.82) is 0 Å². The minimum absolute atomic E-state index is 0.0000565. The fraction of sp³-hybridized carbons (Fsp3) is 0.474. The number of amides is 1. The number of hydrogen-bond acceptors (Lipinski definition) is 4. The van der Waals surface area contributed by atoms with Gasteiger partial charge in [0.25, 0.3) is 5.91 Å². The molecule has 2 heterocycles. The Balaban J connectivity index is 1.73. The van der Waals surface area contributed by atoms with Gasteiger partial charge >= 0.3 is 0 Å². The number of H-pyrrole nitrogens is 1. The molecule has 0 bridgehead atoms. The number of nitrogens with one attached hydrogen (secondary N) is 2. The van der Waals surface area contributed by atoms with Crippen LogP contribution in [0.25, 0.3) is 0 Å². The van der Waals surface area contributed by atoms with Gasteiger partial charge in [-0.25, -0.2) is 0 Å². The topological polar surface area (TPSA) is 70.2 Å². The summed E-state index contributed by atoms with van der Waals surface area (Å²) >= 11 is 6.42. The van der Waals surface area contributed by atoms with Crippen molar-refractivity contribution in [2.45, 2.75) is 25.8 Å². The van der Waals surface area contributed by atoms with Crippen LogP contribution in [-0.4, -0.2) is 53.9 Å². The van der Waals surface area contributed by atoms with E-state index >= 15 is 0 Å². The third kappa shape index (κ3) is 4.44. The molecule has 0 aliphatic carbocycles. The monoisotopic (exact) mass is 376 g/mol. The summed E-state index contributed by atoms with van der Waals surface area (Å²) in [5, 5.41) is 10.8. The molecule has 1 aliphatic heterocycles. The van der Waals surface area contributed by atoms with Crippen molar-refractivity contribution in [2.24, 2.45) is 0 Å². The normalized spacial score (nSPS) is 16.6. The second-order valence-electron chi connectivity index (χ2n) is 6.76. The predicted octanol–water partition coefficient (Wildman–Crippen LogP) is 2.99. The summed E-state index contributed by atoms with van der Waals surface area (Å²) in [6.45, 7) is 7.57. The Bertz CT molecular complexity index is 741. The highest BCUT2D eigenvalue weighted by Crippen LogP contribution is 2.27. The van der Waals surface area contributed by atoms with E-state index in [0.717, 1.165) is 24.3 Å². The molecule has 0 spiro atoms. The molecule has 1 aromatic heterocycles. The fourth-order valence-corrected chi connectivity index (χ4v) is 3.36. The second-order valence-corrected chi connectivity index (χ2v) is 7.17. The molecule has 1 atom stereocenters. The molecule has 140 valence electrons. The van der Waals surface area contributed by atoms with Crippen LogP contribution in [0.5, 0.6) is 0 Å². The van der Waals surface area contributed by atoms with E-state index in [2.05, 4.69) is 34.3 Å². The van der Waals surface area contributed by atoms with Crippen molar-refractivity contribution in [3.05, 3.63) is 52.3 Å². The van der Waals surface area contributed by atoms with Crippen molar-refractivity contribution in [3.8, 4) is 0 Å². The van der Waals surface area contributed by atoms with Crippen molar-refractivity contribution in [3.63, 3.8) is 0 Å². The maximum atomic E-state index is 12.5. The summed E-state index contributed by atoms with van der Waals surface area (Å²) < 4.78 is 5.46. The smallest absolute Gasteiger partial charge is 0.271 e. The van der Waals surface area contributed by atoms with E-state index in [0.29, 0.717) is 36.4 Å². The van der Waals surface area contributed by atoms with E-state index in [-0.39, 0.29) is 11.9 Å². The SMILES string of the molecule is CC(C)c1cc(C(=O)NCC(c2ccccc2Cl)N2CCOCC2)n[nH]1. The molecule has 1 amide bonds. The van der Waals surface area contributed by atoms with Gasteiger partial charge in [0.1, 0.15) is 5.69 Å². The minimum atomic E-state index is -0.182. The summed E-state index contributed by atoms with van der Waals surface area (Å²) in [5.74, 6) is 0.117. The molecule has 1 saturated heterocycles. The molecular formula is C19H25ClN4O2. The van der Waals surface area contributed by atoms with E-state index in [1.54, 1.807) is 6.07 Å². The number of carbonyl (C=O) groups is 1. The number of rotatable bonds is 6. The Hall–Kier alpha value is -1.89. The van der Waals surface area contributed by atoms with Crippen LogP contribution in [-0.2, 0) is 4.74 Å². The number of aromatic nitrogens is 2. The van der Waals surface area contributed by atoms with Crippen LogP contribution >= 0.6 is 11.6 Å². The number of morpholine rings is 1. The molecule has 1 fully saturated rings. The van der Waals surface area contributed by atoms with Crippen LogP contribution in [0.4, 0.5) is 0 Å². The van der Waals surface area contributed by atoms with Crippen LogP contribution in [0.3, 0.4) is 0 Å². The van der Waals surface area contributed by atoms with Crippen LogP contribution in [0, 0.1) is 0 Å². The van der Waals surface area contributed by atoms with Gasteiger partial charge in [0, 0.05) is 30.4 Å². The molecular weight excluding hydrogens is 352 g/mol. The first-order valence-corrected chi connectivity index (χ1v) is 9.33. The number of aromatic amines is 1. The van der Waals surface area contributed by atoms with Crippen molar-refractivity contribution >= 4 is 17.5 Å². The van der Waals surface area contributed by atoms with E-state index in [1.807, 2.05) is 24.3 Å². The molecule has 3 rings (SSSR count). The zero-order chi connectivity index (χ0) is 18.5. The number of halogens is 1. The molecule has 6 nitrogen and oxygen atoms in total. The Kier molecular flexibility index (Phi) is 6.29. The zero-order valence-corrected chi connectivity index (χ0v) is 15.9. The van der Waals surface area contributed by atoms with Crippen molar-refractivity contribution in [1.82, 2.24) is 20.4 Å². The lowest BCUT2D eigenvalue weighted by Crippen LogP contribution is -2.44. The van der Waals surface area contributed by atoms with Gasteiger partial charge in [0.15, 0.2) is 0 Å². The third-order valence-corrected chi connectivity index (χ3v) is 5.00. The van der Waals surface area contributed by atoms with Gasteiger partial charge in [-0.15, -0.1) is 0 Å². The molecule has 1 aromatic carbocycles. The quantitative estimate of drug-likeness (QED) is 0.813. The van der Waals surface area contributed by atoms with E-state index in [4.69, 9.17) is 16.3 Å². The average Bonchev–Trinajstić information content (AvgIpc) is 3.15. The maximum absolute atomic E-state index is 12.5. The fourth-order valence-electron chi connectivity index (χ4n) is 3.10. The van der Waals surface area contributed by atoms with E-state index in [1.165, 1.54) is 0 Å². The largest absolute Gasteiger partial charge is 0.379 e. The molecule has 2 N–H and O–H groups in total. The average molecular weight is 377 g/mol. The van der Waals surface area contributed by atoms with Crippen LogP contribution in [0.15, 0.2) is 30.3 Å². The molecule has 26 heavy (non-hydrogen) atoms. The van der Waals surface area contributed by atoms with Gasteiger partial charge in [-0.3, -0.25) is 14.8 Å². The van der Waals surface area contributed by atoms with Gasteiger partial charge in [-0.05, 0) is 23.6 Å². The third-order valence-electron chi connectivity index (χ3n) is 4.66. The lowest BCUT2D eigenvalue weighted by atomic mass is 10.0. The molecule has 1 aliphatic rings. The Labute approximate surface area is 158 Å². The number of nitrogens with zero attached hydrogens (tertiary/aromatic N) is 2. The number of ether oxygens (including phenoxy) is 1. The summed E-state index contributed by atoms with van der Waals surface area (Å²) in [6, 6.07) is 9.59. The first-order chi connectivity index (χ1) is 12.6.